The van der Waals surface area contributed by atoms with Gasteiger partial charge >= 0.3 is 12.0 Å². The summed E-state index contributed by atoms with van der Waals surface area (Å²) in [6.45, 7) is -0.661. The highest BCUT2D eigenvalue weighted by molar-refractivity contribution is 6.02. The van der Waals surface area contributed by atoms with Crippen molar-refractivity contribution in [3.8, 4) is 5.75 Å². The summed E-state index contributed by atoms with van der Waals surface area (Å²) >= 11 is 0. The Kier molecular flexibility index (Phi) is 5.85. The monoisotopic (exact) mass is 383 g/mol. The topological polar surface area (TPSA) is 123 Å². The Hall–Kier alpha value is -3.88. The van der Waals surface area contributed by atoms with E-state index in [0.717, 1.165) is 0 Å². The number of amides is 4. The number of rotatable bonds is 5. The molecule has 0 saturated heterocycles. The molecule has 3 rings (SSSR count). The molecule has 9 heteroatoms. The molecule has 0 bridgehead atoms. The number of imide groups is 1. The first-order valence-electron chi connectivity index (χ1n) is 8.39. The molecule has 1 aliphatic heterocycles. The molecule has 1 atom stereocenters. The van der Waals surface area contributed by atoms with Crippen LogP contribution in [0.1, 0.15) is 6.42 Å². The van der Waals surface area contributed by atoms with E-state index in [1.165, 1.54) is 0 Å². The van der Waals surface area contributed by atoms with Gasteiger partial charge < -0.3 is 20.1 Å². The van der Waals surface area contributed by atoms with E-state index < -0.39 is 36.5 Å². The summed E-state index contributed by atoms with van der Waals surface area (Å²) in [6.07, 6.45) is -1.43. The minimum atomic E-state index is -1.06. The summed E-state index contributed by atoms with van der Waals surface area (Å²) in [4.78, 5) is 47.3. The maximum absolute atomic E-state index is 12.0. The minimum Gasteiger partial charge on any atom is -0.478 e. The Morgan fingerprint density at radius 2 is 1.75 bits per heavy atom. The fourth-order valence-electron chi connectivity index (χ4n) is 2.43. The zero-order valence-corrected chi connectivity index (χ0v) is 14.6. The lowest BCUT2D eigenvalue weighted by atomic mass is 10.1. The van der Waals surface area contributed by atoms with Crippen molar-refractivity contribution in [1.82, 2.24) is 5.32 Å². The Morgan fingerprint density at radius 3 is 2.54 bits per heavy atom. The summed E-state index contributed by atoms with van der Waals surface area (Å²) < 4.78 is 10.3. The van der Waals surface area contributed by atoms with Crippen molar-refractivity contribution in [2.24, 2.45) is 0 Å². The number of benzene rings is 2. The zero-order chi connectivity index (χ0) is 19.9. The number of para-hydroxylation sites is 3. The molecule has 1 heterocycles. The van der Waals surface area contributed by atoms with E-state index in [1.54, 1.807) is 54.6 Å². The summed E-state index contributed by atoms with van der Waals surface area (Å²) in [5, 5.41) is 7.12. The SMILES string of the molecule is O=C(COC(=O)C[C@@H]1Oc2ccccc2NC1=O)NC(=O)Nc1ccccc1. The number of carbonyl (C=O) groups is 4. The van der Waals surface area contributed by atoms with Crippen LogP contribution in [-0.2, 0) is 19.1 Å². The van der Waals surface area contributed by atoms with Gasteiger partial charge in [0.2, 0.25) is 0 Å². The standard InChI is InChI=1S/C19H17N3O6/c23-16(22-19(26)20-12-6-2-1-3-7-12)11-27-17(24)10-15-18(25)21-13-8-4-5-9-14(13)28-15/h1-9,15H,10-11H2,(H,21,25)(H2,20,22,23,26)/t15-/m0/s1. The summed E-state index contributed by atoms with van der Waals surface area (Å²) in [5.41, 5.74) is 1.02. The molecule has 9 nitrogen and oxygen atoms in total. The van der Waals surface area contributed by atoms with Crippen LogP contribution in [0.3, 0.4) is 0 Å². The van der Waals surface area contributed by atoms with E-state index in [1.807, 2.05) is 5.32 Å². The Morgan fingerprint density at radius 1 is 1.04 bits per heavy atom. The van der Waals surface area contributed by atoms with Crippen LogP contribution in [-0.4, -0.2) is 36.5 Å². The highest BCUT2D eigenvalue weighted by atomic mass is 16.5. The first kappa shape index (κ1) is 18.9. The van der Waals surface area contributed by atoms with Crippen molar-refractivity contribution >= 4 is 35.2 Å². The number of fused-ring (bicyclic) bond motifs is 1. The van der Waals surface area contributed by atoms with Crippen LogP contribution in [0.25, 0.3) is 0 Å². The molecule has 0 spiro atoms. The molecule has 144 valence electrons. The molecule has 0 aromatic heterocycles. The van der Waals surface area contributed by atoms with Gasteiger partial charge in [0.15, 0.2) is 12.7 Å². The average Bonchev–Trinajstić information content (AvgIpc) is 2.67. The van der Waals surface area contributed by atoms with Crippen LogP contribution in [0.2, 0.25) is 0 Å². The molecule has 4 amide bonds. The lowest BCUT2D eigenvalue weighted by Crippen LogP contribution is -2.40. The third-order valence-corrected chi connectivity index (χ3v) is 3.71. The van der Waals surface area contributed by atoms with Crippen LogP contribution in [0.5, 0.6) is 5.75 Å². The van der Waals surface area contributed by atoms with Crippen molar-refractivity contribution < 1.29 is 28.7 Å². The molecule has 0 saturated carbocycles. The molecule has 0 radical (unpaired) electrons. The van der Waals surface area contributed by atoms with Crippen molar-refractivity contribution in [2.75, 3.05) is 17.2 Å². The van der Waals surface area contributed by atoms with Gasteiger partial charge in [0.1, 0.15) is 5.75 Å². The zero-order valence-electron chi connectivity index (χ0n) is 14.6. The average molecular weight is 383 g/mol. The molecular weight excluding hydrogens is 366 g/mol. The molecule has 0 unspecified atom stereocenters. The summed E-state index contributed by atoms with van der Waals surface area (Å²) in [5.74, 6) is -1.66. The van der Waals surface area contributed by atoms with E-state index in [4.69, 9.17) is 9.47 Å². The minimum absolute atomic E-state index is 0.371. The number of ether oxygens (including phenoxy) is 2. The lowest BCUT2D eigenvalue weighted by molar-refractivity contribution is -0.151. The summed E-state index contributed by atoms with van der Waals surface area (Å²) in [6, 6.07) is 14.6. The first-order valence-corrected chi connectivity index (χ1v) is 8.39. The molecule has 0 aliphatic carbocycles. The van der Waals surface area contributed by atoms with Crippen molar-refractivity contribution in [3.63, 3.8) is 0 Å². The number of carbonyl (C=O) groups excluding carboxylic acids is 4. The second-order valence-corrected chi connectivity index (χ2v) is 5.83. The second kappa shape index (κ2) is 8.67. The van der Waals surface area contributed by atoms with E-state index in [-0.39, 0.29) is 6.42 Å². The van der Waals surface area contributed by atoms with Crippen LogP contribution in [0, 0.1) is 0 Å². The smallest absolute Gasteiger partial charge is 0.325 e. The Balaban J connectivity index is 1.42. The van der Waals surface area contributed by atoms with Crippen molar-refractivity contribution in [1.29, 1.82) is 0 Å². The fourth-order valence-corrected chi connectivity index (χ4v) is 2.43. The number of anilines is 2. The summed E-state index contributed by atoms with van der Waals surface area (Å²) in [7, 11) is 0. The highest BCUT2D eigenvalue weighted by Gasteiger charge is 2.30. The number of nitrogens with one attached hydrogen (secondary N) is 3. The number of urea groups is 1. The third kappa shape index (κ3) is 5.07. The molecule has 0 fully saturated rings. The van der Waals surface area contributed by atoms with Crippen molar-refractivity contribution in [3.05, 3.63) is 54.6 Å². The molecule has 1 aliphatic rings. The van der Waals surface area contributed by atoms with Crippen LogP contribution >= 0.6 is 0 Å². The normalized spacial score (nSPS) is 14.7. The molecule has 2 aromatic carbocycles. The first-order chi connectivity index (χ1) is 13.5. The van der Waals surface area contributed by atoms with Gasteiger partial charge in [-0.15, -0.1) is 0 Å². The predicted octanol–water partition coefficient (Wildman–Crippen LogP) is 1.67. The fraction of sp³-hybridized carbons (Fsp3) is 0.158. The lowest BCUT2D eigenvalue weighted by Gasteiger charge is -2.25. The highest BCUT2D eigenvalue weighted by Crippen LogP contribution is 2.29. The Labute approximate surface area is 160 Å². The Bertz CT molecular complexity index is 900. The van der Waals surface area contributed by atoms with E-state index in [2.05, 4.69) is 10.6 Å². The van der Waals surface area contributed by atoms with Gasteiger partial charge in [-0.1, -0.05) is 30.3 Å². The molecule has 2 aromatic rings. The van der Waals surface area contributed by atoms with Crippen molar-refractivity contribution in [2.45, 2.75) is 12.5 Å². The predicted molar refractivity (Wildman–Crippen MR) is 98.7 cm³/mol. The van der Waals surface area contributed by atoms with Crippen LogP contribution in [0.4, 0.5) is 16.2 Å². The van der Waals surface area contributed by atoms with E-state index in [0.29, 0.717) is 17.1 Å². The van der Waals surface area contributed by atoms with Crippen LogP contribution < -0.4 is 20.7 Å². The third-order valence-electron chi connectivity index (χ3n) is 3.71. The van der Waals surface area contributed by atoms with Crippen LogP contribution in [0.15, 0.2) is 54.6 Å². The van der Waals surface area contributed by atoms with Gasteiger partial charge in [-0.25, -0.2) is 4.79 Å². The largest absolute Gasteiger partial charge is 0.478 e. The maximum atomic E-state index is 12.0. The number of hydrogen-bond donors (Lipinski definition) is 3. The number of esters is 1. The number of hydrogen-bond acceptors (Lipinski definition) is 6. The van der Waals surface area contributed by atoms with Gasteiger partial charge in [-0.2, -0.15) is 0 Å². The van der Waals surface area contributed by atoms with Gasteiger partial charge in [0.05, 0.1) is 12.1 Å². The van der Waals surface area contributed by atoms with E-state index in [9.17, 15) is 19.2 Å². The molecule has 28 heavy (non-hydrogen) atoms. The van der Waals surface area contributed by atoms with Gasteiger partial charge in [-0.3, -0.25) is 19.7 Å². The second-order valence-electron chi connectivity index (χ2n) is 5.83. The molecular formula is C19H17N3O6. The van der Waals surface area contributed by atoms with E-state index >= 15 is 0 Å². The maximum Gasteiger partial charge on any atom is 0.325 e. The van der Waals surface area contributed by atoms with Gasteiger partial charge in [0, 0.05) is 5.69 Å². The molecule has 3 N–H and O–H groups in total. The van der Waals surface area contributed by atoms with Gasteiger partial charge in [-0.05, 0) is 24.3 Å². The van der Waals surface area contributed by atoms with Gasteiger partial charge in [0.25, 0.3) is 11.8 Å². The quantitative estimate of drug-likeness (QED) is 0.675.